The lowest BCUT2D eigenvalue weighted by Gasteiger charge is -2.22. The van der Waals surface area contributed by atoms with E-state index in [0.717, 1.165) is 0 Å². The number of phenolic OH excluding ortho intramolecular Hbond substituents is 1. The molecule has 2 amide bonds. The van der Waals surface area contributed by atoms with Gasteiger partial charge < -0.3 is 31.7 Å². The zero-order chi connectivity index (χ0) is 21.3. The van der Waals surface area contributed by atoms with Crippen LogP contribution in [0.4, 0.5) is 0 Å². The second kappa shape index (κ2) is 11.1. The standard InChI is InChI=1S/C17H23N3O7S/c18-11(7-9-1-3-10(21)4-2-9)15(24)19-12(5-6-14(22)23)16(25)20-13(8-28)17(26)27/h1-4,11-13,21,28H,5-8,18H2,(H,19,24)(H,20,25)(H,22,23)(H,26,27). The van der Waals surface area contributed by atoms with E-state index in [0.29, 0.717) is 5.56 Å². The first-order valence-corrected chi connectivity index (χ1v) is 8.97. The summed E-state index contributed by atoms with van der Waals surface area (Å²) in [6, 6.07) is 2.45. The van der Waals surface area contributed by atoms with E-state index in [1.54, 1.807) is 12.1 Å². The SMILES string of the molecule is NC(Cc1ccc(O)cc1)C(=O)NC(CCC(=O)O)C(=O)NC(CS)C(=O)O. The quantitative estimate of drug-likeness (QED) is 0.228. The minimum Gasteiger partial charge on any atom is -0.508 e. The molecule has 3 unspecified atom stereocenters. The first-order valence-electron chi connectivity index (χ1n) is 8.33. The van der Waals surface area contributed by atoms with Crippen LogP contribution in [-0.2, 0) is 25.6 Å². The minimum absolute atomic E-state index is 0.0596. The molecule has 1 aromatic rings. The van der Waals surface area contributed by atoms with Crippen LogP contribution in [0.1, 0.15) is 18.4 Å². The number of phenols is 1. The molecule has 11 heteroatoms. The van der Waals surface area contributed by atoms with Crippen LogP contribution in [0.5, 0.6) is 5.75 Å². The summed E-state index contributed by atoms with van der Waals surface area (Å²) in [5.41, 5.74) is 6.51. The number of thiol groups is 1. The van der Waals surface area contributed by atoms with Crippen molar-refractivity contribution in [1.29, 1.82) is 0 Å². The largest absolute Gasteiger partial charge is 0.508 e. The maximum atomic E-state index is 12.3. The van der Waals surface area contributed by atoms with Gasteiger partial charge in [0.05, 0.1) is 6.04 Å². The van der Waals surface area contributed by atoms with Gasteiger partial charge in [-0.25, -0.2) is 4.79 Å². The number of carboxylic acids is 2. The highest BCUT2D eigenvalue weighted by atomic mass is 32.1. The molecule has 0 radical (unpaired) electrons. The van der Waals surface area contributed by atoms with Crippen molar-refractivity contribution >= 4 is 36.4 Å². The van der Waals surface area contributed by atoms with Crippen molar-refractivity contribution < 1.29 is 34.5 Å². The van der Waals surface area contributed by atoms with Crippen LogP contribution in [0.15, 0.2) is 24.3 Å². The second-order valence-corrected chi connectivity index (χ2v) is 6.42. The van der Waals surface area contributed by atoms with Gasteiger partial charge in [-0.3, -0.25) is 14.4 Å². The first-order chi connectivity index (χ1) is 13.1. The number of amides is 2. The van der Waals surface area contributed by atoms with Gasteiger partial charge in [0.25, 0.3) is 0 Å². The van der Waals surface area contributed by atoms with E-state index in [4.69, 9.17) is 15.9 Å². The number of aliphatic carboxylic acids is 2. The first kappa shape index (κ1) is 23.2. The third-order valence-corrected chi connectivity index (χ3v) is 4.17. The number of nitrogens with two attached hydrogens (primary N) is 1. The summed E-state index contributed by atoms with van der Waals surface area (Å²) in [6.07, 6.45) is -0.532. The van der Waals surface area contributed by atoms with E-state index >= 15 is 0 Å². The van der Waals surface area contributed by atoms with Gasteiger partial charge in [-0.1, -0.05) is 12.1 Å². The van der Waals surface area contributed by atoms with Gasteiger partial charge in [0.2, 0.25) is 11.8 Å². The van der Waals surface area contributed by atoms with Gasteiger partial charge in [-0.2, -0.15) is 12.6 Å². The number of aromatic hydroxyl groups is 1. The zero-order valence-electron chi connectivity index (χ0n) is 14.9. The highest BCUT2D eigenvalue weighted by molar-refractivity contribution is 7.80. The van der Waals surface area contributed by atoms with Crippen molar-refractivity contribution in [1.82, 2.24) is 10.6 Å². The summed E-state index contributed by atoms with van der Waals surface area (Å²) in [6.45, 7) is 0. The molecule has 0 saturated heterocycles. The molecule has 0 aliphatic heterocycles. The number of hydrogen-bond donors (Lipinski definition) is 7. The van der Waals surface area contributed by atoms with Crippen LogP contribution in [0.2, 0.25) is 0 Å². The monoisotopic (exact) mass is 413 g/mol. The molecule has 10 nitrogen and oxygen atoms in total. The van der Waals surface area contributed by atoms with Crippen molar-refractivity contribution in [3.8, 4) is 5.75 Å². The Bertz CT molecular complexity index is 711. The Morgan fingerprint density at radius 1 is 1.00 bits per heavy atom. The number of carboxylic acid groups (broad SMARTS) is 2. The number of carbonyl (C=O) groups excluding carboxylic acids is 2. The zero-order valence-corrected chi connectivity index (χ0v) is 15.8. The molecule has 1 rings (SSSR count). The van der Waals surface area contributed by atoms with Crippen LogP contribution in [0, 0.1) is 0 Å². The fourth-order valence-corrected chi connectivity index (χ4v) is 2.50. The Balaban J connectivity index is 2.78. The summed E-state index contributed by atoms with van der Waals surface area (Å²) in [4.78, 5) is 46.5. The van der Waals surface area contributed by atoms with Gasteiger partial charge in [0, 0.05) is 12.2 Å². The summed E-state index contributed by atoms with van der Waals surface area (Å²) >= 11 is 3.83. The molecular weight excluding hydrogens is 390 g/mol. The lowest BCUT2D eigenvalue weighted by Crippen LogP contribution is -2.55. The molecule has 0 aliphatic rings. The summed E-state index contributed by atoms with van der Waals surface area (Å²) in [5.74, 6) is -4.14. The molecule has 154 valence electrons. The Morgan fingerprint density at radius 2 is 1.57 bits per heavy atom. The molecule has 0 aromatic heterocycles. The van der Waals surface area contributed by atoms with Crippen LogP contribution >= 0.6 is 12.6 Å². The molecule has 0 aliphatic carbocycles. The van der Waals surface area contributed by atoms with E-state index in [2.05, 4.69) is 23.3 Å². The topological polar surface area (TPSA) is 179 Å². The Labute approximate surface area is 166 Å². The molecule has 28 heavy (non-hydrogen) atoms. The lowest BCUT2D eigenvalue weighted by atomic mass is 10.0. The van der Waals surface area contributed by atoms with Crippen molar-refractivity contribution in [3.05, 3.63) is 29.8 Å². The number of benzene rings is 1. The summed E-state index contributed by atoms with van der Waals surface area (Å²) in [5, 5.41) is 31.6. The predicted molar refractivity (Wildman–Crippen MR) is 102 cm³/mol. The highest BCUT2D eigenvalue weighted by Gasteiger charge is 2.27. The third kappa shape index (κ3) is 7.84. The Morgan fingerprint density at radius 3 is 2.07 bits per heavy atom. The molecule has 3 atom stereocenters. The fraction of sp³-hybridized carbons (Fsp3) is 0.412. The van der Waals surface area contributed by atoms with Crippen molar-refractivity contribution in [2.24, 2.45) is 5.73 Å². The van der Waals surface area contributed by atoms with E-state index in [1.807, 2.05) is 0 Å². The number of carbonyl (C=O) groups is 4. The number of rotatable bonds is 11. The van der Waals surface area contributed by atoms with Gasteiger partial charge in [0.1, 0.15) is 17.8 Å². The average Bonchev–Trinajstić information content (AvgIpc) is 2.63. The summed E-state index contributed by atoms with van der Waals surface area (Å²) < 4.78 is 0. The van der Waals surface area contributed by atoms with E-state index in [9.17, 15) is 24.3 Å². The third-order valence-electron chi connectivity index (χ3n) is 3.81. The van der Waals surface area contributed by atoms with Gasteiger partial charge >= 0.3 is 11.9 Å². The second-order valence-electron chi connectivity index (χ2n) is 6.05. The predicted octanol–water partition coefficient (Wildman–Crippen LogP) is -0.889. The normalized spacial score (nSPS) is 13.8. The Hall–Kier alpha value is -2.79. The van der Waals surface area contributed by atoms with E-state index in [-0.39, 0.29) is 24.3 Å². The highest BCUT2D eigenvalue weighted by Crippen LogP contribution is 2.11. The maximum absolute atomic E-state index is 12.3. The van der Waals surface area contributed by atoms with Crippen LogP contribution in [0.25, 0.3) is 0 Å². The lowest BCUT2D eigenvalue weighted by molar-refractivity contribution is -0.142. The van der Waals surface area contributed by atoms with Gasteiger partial charge in [-0.15, -0.1) is 0 Å². The van der Waals surface area contributed by atoms with E-state index in [1.165, 1.54) is 12.1 Å². The van der Waals surface area contributed by atoms with Crippen molar-refractivity contribution in [3.63, 3.8) is 0 Å². The van der Waals surface area contributed by atoms with Crippen LogP contribution in [-0.4, -0.2) is 63.0 Å². The molecule has 0 bridgehead atoms. The molecule has 0 saturated carbocycles. The molecule has 0 spiro atoms. The fourth-order valence-electron chi connectivity index (χ4n) is 2.25. The van der Waals surface area contributed by atoms with Crippen molar-refractivity contribution in [2.75, 3.05) is 5.75 Å². The van der Waals surface area contributed by atoms with Crippen molar-refractivity contribution in [2.45, 2.75) is 37.4 Å². The van der Waals surface area contributed by atoms with Crippen LogP contribution in [0.3, 0.4) is 0 Å². The minimum atomic E-state index is -1.31. The Kier molecular flexibility index (Phi) is 9.25. The molecule has 0 heterocycles. The number of nitrogens with one attached hydrogen (secondary N) is 2. The van der Waals surface area contributed by atoms with Gasteiger partial charge in [-0.05, 0) is 30.5 Å². The molecule has 7 N–H and O–H groups in total. The smallest absolute Gasteiger partial charge is 0.327 e. The average molecular weight is 413 g/mol. The number of hydrogen-bond acceptors (Lipinski definition) is 7. The van der Waals surface area contributed by atoms with E-state index < -0.39 is 48.3 Å². The summed E-state index contributed by atoms with van der Waals surface area (Å²) in [7, 11) is 0. The molecule has 1 aromatic carbocycles. The molecule has 0 fully saturated rings. The van der Waals surface area contributed by atoms with Crippen LogP contribution < -0.4 is 16.4 Å². The molecular formula is C17H23N3O7S. The van der Waals surface area contributed by atoms with Gasteiger partial charge in [0.15, 0.2) is 0 Å². The maximum Gasteiger partial charge on any atom is 0.327 e.